The van der Waals surface area contributed by atoms with Gasteiger partial charge in [0.2, 0.25) is 0 Å². The zero-order chi connectivity index (χ0) is 12.1. The van der Waals surface area contributed by atoms with Crippen LogP contribution in [0.4, 0.5) is 0 Å². The molecular formula is C13H26N2O2. The van der Waals surface area contributed by atoms with Gasteiger partial charge in [-0.25, -0.2) is 0 Å². The molecule has 0 spiro atoms. The summed E-state index contributed by atoms with van der Waals surface area (Å²) in [6.07, 6.45) is 3.66. The van der Waals surface area contributed by atoms with Gasteiger partial charge in [0.05, 0.1) is 6.61 Å². The molecule has 0 amide bonds. The molecule has 2 aliphatic rings. The summed E-state index contributed by atoms with van der Waals surface area (Å²) in [5.41, 5.74) is -0.0640. The van der Waals surface area contributed by atoms with E-state index < -0.39 is 0 Å². The highest BCUT2D eigenvalue weighted by Crippen LogP contribution is 2.22. The van der Waals surface area contributed by atoms with Gasteiger partial charge in [-0.2, -0.15) is 0 Å². The highest BCUT2D eigenvalue weighted by Gasteiger charge is 2.34. The van der Waals surface area contributed by atoms with E-state index in [0.717, 1.165) is 38.6 Å². The van der Waals surface area contributed by atoms with Gasteiger partial charge < -0.3 is 19.7 Å². The molecule has 2 rings (SSSR count). The Kier molecular flexibility index (Phi) is 4.79. The third-order valence-electron chi connectivity index (χ3n) is 4.22. The quantitative estimate of drug-likeness (QED) is 0.770. The molecule has 1 unspecified atom stereocenters. The van der Waals surface area contributed by atoms with Crippen molar-refractivity contribution in [1.82, 2.24) is 10.2 Å². The van der Waals surface area contributed by atoms with Gasteiger partial charge in [-0.1, -0.05) is 0 Å². The Bertz CT molecular complexity index is 221. The van der Waals surface area contributed by atoms with Crippen molar-refractivity contribution >= 4 is 0 Å². The summed E-state index contributed by atoms with van der Waals surface area (Å²) in [7, 11) is 4.01. The molecule has 0 aromatic rings. The standard InChI is InChI=1S/C13H26N2O2/c1-15-6-3-12(4-7-15)9-14-10-13(16-2)5-8-17-11-13/h12,14H,3-11H2,1-2H3. The van der Waals surface area contributed by atoms with Gasteiger partial charge >= 0.3 is 0 Å². The molecule has 2 heterocycles. The largest absolute Gasteiger partial charge is 0.378 e. The Morgan fingerprint density at radius 1 is 1.41 bits per heavy atom. The molecule has 4 nitrogen and oxygen atoms in total. The highest BCUT2D eigenvalue weighted by molar-refractivity contribution is 4.87. The van der Waals surface area contributed by atoms with Crippen LogP contribution in [0.3, 0.4) is 0 Å². The van der Waals surface area contributed by atoms with Crippen molar-refractivity contribution in [1.29, 1.82) is 0 Å². The lowest BCUT2D eigenvalue weighted by Gasteiger charge is -2.31. The maximum Gasteiger partial charge on any atom is 0.106 e. The van der Waals surface area contributed by atoms with Crippen molar-refractivity contribution in [3.63, 3.8) is 0 Å². The van der Waals surface area contributed by atoms with Gasteiger partial charge in [0.1, 0.15) is 5.60 Å². The topological polar surface area (TPSA) is 33.7 Å². The van der Waals surface area contributed by atoms with Crippen molar-refractivity contribution in [3.05, 3.63) is 0 Å². The summed E-state index contributed by atoms with van der Waals surface area (Å²) in [6, 6.07) is 0. The number of likely N-dealkylation sites (tertiary alicyclic amines) is 1. The van der Waals surface area contributed by atoms with Crippen LogP contribution in [-0.2, 0) is 9.47 Å². The minimum Gasteiger partial charge on any atom is -0.378 e. The van der Waals surface area contributed by atoms with E-state index in [2.05, 4.69) is 17.3 Å². The van der Waals surface area contributed by atoms with Crippen LogP contribution in [0, 0.1) is 5.92 Å². The summed E-state index contributed by atoms with van der Waals surface area (Å²) in [4.78, 5) is 2.41. The van der Waals surface area contributed by atoms with Crippen LogP contribution in [0.1, 0.15) is 19.3 Å². The molecule has 1 atom stereocenters. The molecular weight excluding hydrogens is 216 g/mol. The number of nitrogens with one attached hydrogen (secondary N) is 1. The second kappa shape index (κ2) is 6.14. The molecule has 2 aliphatic heterocycles. The van der Waals surface area contributed by atoms with Gasteiger partial charge in [0.15, 0.2) is 0 Å². The van der Waals surface area contributed by atoms with E-state index in [1.807, 2.05) is 0 Å². The molecule has 17 heavy (non-hydrogen) atoms. The zero-order valence-electron chi connectivity index (χ0n) is 11.2. The predicted molar refractivity (Wildman–Crippen MR) is 68.3 cm³/mol. The van der Waals surface area contributed by atoms with Crippen LogP contribution in [0.2, 0.25) is 0 Å². The highest BCUT2D eigenvalue weighted by atomic mass is 16.5. The van der Waals surface area contributed by atoms with Crippen molar-refractivity contribution in [3.8, 4) is 0 Å². The molecule has 0 aromatic heterocycles. The Labute approximate surface area is 105 Å². The fourth-order valence-electron chi connectivity index (χ4n) is 2.73. The molecule has 0 aliphatic carbocycles. The maximum atomic E-state index is 5.61. The lowest BCUT2D eigenvalue weighted by molar-refractivity contribution is -0.0165. The fraction of sp³-hybridized carbons (Fsp3) is 1.00. The second-order valence-corrected chi connectivity index (χ2v) is 5.57. The molecule has 100 valence electrons. The van der Waals surface area contributed by atoms with Crippen LogP contribution in [0.15, 0.2) is 0 Å². The van der Waals surface area contributed by atoms with Gasteiger partial charge in [-0.3, -0.25) is 0 Å². The minimum absolute atomic E-state index is 0.0640. The third kappa shape index (κ3) is 3.65. The van der Waals surface area contributed by atoms with Gasteiger partial charge in [-0.15, -0.1) is 0 Å². The SMILES string of the molecule is COC1(CNCC2CCN(C)CC2)CCOC1. The number of hydrogen-bond donors (Lipinski definition) is 1. The summed E-state index contributed by atoms with van der Waals surface area (Å²) < 4.78 is 11.0. The normalized spacial score (nSPS) is 32.1. The van der Waals surface area contributed by atoms with E-state index in [1.54, 1.807) is 7.11 Å². The van der Waals surface area contributed by atoms with Gasteiger partial charge in [-0.05, 0) is 45.4 Å². The third-order valence-corrected chi connectivity index (χ3v) is 4.22. The van der Waals surface area contributed by atoms with E-state index in [9.17, 15) is 0 Å². The number of hydrogen-bond acceptors (Lipinski definition) is 4. The summed E-state index contributed by atoms with van der Waals surface area (Å²) >= 11 is 0. The molecule has 0 bridgehead atoms. The van der Waals surface area contributed by atoms with E-state index >= 15 is 0 Å². The Morgan fingerprint density at radius 3 is 2.76 bits per heavy atom. The monoisotopic (exact) mass is 242 g/mol. The van der Waals surface area contributed by atoms with Gasteiger partial charge in [0, 0.05) is 26.7 Å². The number of nitrogens with zero attached hydrogens (tertiary/aromatic N) is 1. The smallest absolute Gasteiger partial charge is 0.106 e. The van der Waals surface area contributed by atoms with Crippen LogP contribution >= 0.6 is 0 Å². The zero-order valence-corrected chi connectivity index (χ0v) is 11.2. The van der Waals surface area contributed by atoms with Crippen molar-refractivity contribution in [2.75, 3.05) is 53.6 Å². The average molecular weight is 242 g/mol. The first kappa shape index (κ1) is 13.3. The first-order chi connectivity index (χ1) is 8.24. The Hall–Kier alpha value is -0.160. The number of piperidine rings is 1. The lowest BCUT2D eigenvalue weighted by Crippen LogP contribution is -2.45. The molecule has 2 saturated heterocycles. The molecule has 4 heteroatoms. The summed E-state index contributed by atoms with van der Waals surface area (Å²) in [6.45, 7) is 6.11. The van der Waals surface area contributed by atoms with E-state index in [1.165, 1.54) is 25.9 Å². The first-order valence-electron chi connectivity index (χ1n) is 6.76. The molecule has 0 radical (unpaired) electrons. The Balaban J connectivity index is 1.65. The van der Waals surface area contributed by atoms with E-state index in [4.69, 9.17) is 9.47 Å². The summed E-state index contributed by atoms with van der Waals surface area (Å²) in [5.74, 6) is 0.836. The van der Waals surface area contributed by atoms with Crippen LogP contribution in [0.5, 0.6) is 0 Å². The first-order valence-corrected chi connectivity index (χ1v) is 6.76. The van der Waals surface area contributed by atoms with E-state index in [0.29, 0.717) is 0 Å². The number of methoxy groups -OCH3 is 1. The van der Waals surface area contributed by atoms with Crippen LogP contribution in [-0.4, -0.2) is 64.1 Å². The number of ether oxygens (including phenoxy) is 2. The lowest BCUT2D eigenvalue weighted by atomic mass is 9.96. The molecule has 0 saturated carbocycles. The predicted octanol–water partition coefficient (Wildman–Crippen LogP) is 0.723. The Morgan fingerprint density at radius 2 is 2.18 bits per heavy atom. The molecule has 2 fully saturated rings. The summed E-state index contributed by atoms with van der Waals surface area (Å²) in [5, 5.41) is 3.58. The van der Waals surface area contributed by atoms with Crippen molar-refractivity contribution < 1.29 is 9.47 Å². The molecule has 1 N–H and O–H groups in total. The fourth-order valence-corrected chi connectivity index (χ4v) is 2.73. The minimum atomic E-state index is -0.0640. The van der Waals surface area contributed by atoms with Crippen molar-refractivity contribution in [2.45, 2.75) is 24.9 Å². The second-order valence-electron chi connectivity index (χ2n) is 5.57. The van der Waals surface area contributed by atoms with Gasteiger partial charge in [0.25, 0.3) is 0 Å². The van der Waals surface area contributed by atoms with Crippen molar-refractivity contribution in [2.24, 2.45) is 5.92 Å². The van der Waals surface area contributed by atoms with E-state index in [-0.39, 0.29) is 5.60 Å². The number of rotatable bonds is 5. The average Bonchev–Trinajstić information content (AvgIpc) is 2.81. The molecule has 0 aromatic carbocycles. The van der Waals surface area contributed by atoms with Crippen LogP contribution < -0.4 is 5.32 Å². The maximum absolute atomic E-state index is 5.61. The van der Waals surface area contributed by atoms with Crippen LogP contribution in [0.25, 0.3) is 0 Å².